The van der Waals surface area contributed by atoms with Crippen LogP contribution in [0.5, 0.6) is 11.6 Å². The molecule has 0 atom stereocenters. The summed E-state index contributed by atoms with van der Waals surface area (Å²) in [7, 11) is 0. The van der Waals surface area contributed by atoms with Crippen molar-refractivity contribution in [2.45, 2.75) is 26.3 Å². The first kappa shape index (κ1) is 20.0. The van der Waals surface area contributed by atoms with Crippen LogP contribution in [0.3, 0.4) is 0 Å². The second-order valence-corrected chi connectivity index (χ2v) is 6.40. The Kier molecular flexibility index (Phi) is 6.82. The fraction of sp³-hybridized carbons (Fsp3) is 0.312. The van der Waals surface area contributed by atoms with Crippen molar-refractivity contribution in [2.24, 2.45) is 0 Å². The largest absolute Gasteiger partial charge is 0.481 e. The molecule has 1 aromatic heterocycles. The van der Waals surface area contributed by atoms with Gasteiger partial charge in [0.2, 0.25) is 5.82 Å². The standard InChI is InChI=1S/C16H17Cl2FN4O3/c1-8(2)23-15-13(19)16(22-7-21-15)26-14-10(17)5-9(6-11(14)18)20-4-3-12(24)25/h5-8,20H,3-4H2,1-2H3,(H,24,25)(H,21,22,23). The van der Waals surface area contributed by atoms with Gasteiger partial charge in [0.05, 0.1) is 16.5 Å². The second kappa shape index (κ2) is 8.86. The molecule has 0 unspecified atom stereocenters. The highest BCUT2D eigenvalue weighted by atomic mass is 35.5. The van der Waals surface area contributed by atoms with Crippen LogP contribution in [0, 0.1) is 5.82 Å². The summed E-state index contributed by atoms with van der Waals surface area (Å²) in [6.45, 7) is 3.88. The van der Waals surface area contributed by atoms with E-state index in [-0.39, 0.29) is 46.5 Å². The van der Waals surface area contributed by atoms with Crippen molar-refractivity contribution in [1.82, 2.24) is 9.97 Å². The topological polar surface area (TPSA) is 96.4 Å². The number of carbonyl (C=O) groups is 1. The molecule has 0 saturated heterocycles. The molecule has 1 aromatic carbocycles. The number of rotatable bonds is 8. The third kappa shape index (κ3) is 5.34. The molecule has 3 N–H and O–H groups in total. The molecular weight excluding hydrogens is 386 g/mol. The van der Waals surface area contributed by atoms with Crippen molar-refractivity contribution in [3.05, 3.63) is 34.3 Å². The van der Waals surface area contributed by atoms with Gasteiger partial charge in [0, 0.05) is 18.3 Å². The van der Waals surface area contributed by atoms with Gasteiger partial charge in [-0.05, 0) is 26.0 Å². The van der Waals surface area contributed by atoms with E-state index in [4.69, 9.17) is 33.0 Å². The zero-order chi connectivity index (χ0) is 19.3. The summed E-state index contributed by atoms with van der Waals surface area (Å²) in [6, 6.07) is 2.96. The first-order valence-corrected chi connectivity index (χ1v) is 8.43. The lowest BCUT2D eigenvalue weighted by atomic mass is 10.3. The Hall–Kier alpha value is -2.32. The normalized spacial score (nSPS) is 10.7. The zero-order valence-corrected chi connectivity index (χ0v) is 15.5. The van der Waals surface area contributed by atoms with Gasteiger partial charge >= 0.3 is 5.97 Å². The van der Waals surface area contributed by atoms with E-state index in [0.717, 1.165) is 6.33 Å². The number of carboxylic acid groups (broad SMARTS) is 1. The molecule has 0 aliphatic heterocycles. The maximum absolute atomic E-state index is 14.4. The van der Waals surface area contributed by atoms with Gasteiger partial charge in [0.1, 0.15) is 6.33 Å². The van der Waals surface area contributed by atoms with E-state index >= 15 is 0 Å². The fourth-order valence-corrected chi connectivity index (χ4v) is 2.53. The third-order valence-electron chi connectivity index (χ3n) is 3.05. The summed E-state index contributed by atoms with van der Waals surface area (Å²) in [4.78, 5) is 18.1. The van der Waals surface area contributed by atoms with E-state index in [1.54, 1.807) is 0 Å². The SMILES string of the molecule is CC(C)Nc1ncnc(Oc2c(Cl)cc(NCCC(=O)O)cc2Cl)c1F. The molecule has 7 nitrogen and oxygen atoms in total. The predicted molar refractivity (Wildman–Crippen MR) is 98.0 cm³/mol. The molecule has 10 heteroatoms. The molecule has 0 amide bonds. The smallest absolute Gasteiger partial charge is 0.305 e. The maximum Gasteiger partial charge on any atom is 0.305 e. The van der Waals surface area contributed by atoms with Gasteiger partial charge in [0.25, 0.3) is 5.88 Å². The highest BCUT2D eigenvalue weighted by Crippen LogP contribution is 2.39. The van der Waals surface area contributed by atoms with Crippen molar-refractivity contribution in [3.8, 4) is 11.6 Å². The van der Waals surface area contributed by atoms with E-state index in [2.05, 4.69) is 20.6 Å². The van der Waals surface area contributed by atoms with Crippen molar-refractivity contribution in [3.63, 3.8) is 0 Å². The van der Waals surface area contributed by atoms with Crippen LogP contribution < -0.4 is 15.4 Å². The summed E-state index contributed by atoms with van der Waals surface area (Å²) >= 11 is 12.3. The molecule has 0 fully saturated rings. The van der Waals surface area contributed by atoms with Crippen LogP contribution in [0.1, 0.15) is 20.3 Å². The first-order chi connectivity index (χ1) is 12.3. The van der Waals surface area contributed by atoms with Crippen LogP contribution in [0.15, 0.2) is 18.5 Å². The lowest BCUT2D eigenvalue weighted by molar-refractivity contribution is -0.136. The first-order valence-electron chi connectivity index (χ1n) is 7.67. The number of hydrogen-bond donors (Lipinski definition) is 3. The molecule has 0 aliphatic carbocycles. The van der Waals surface area contributed by atoms with Crippen LogP contribution >= 0.6 is 23.2 Å². The highest BCUT2D eigenvalue weighted by Gasteiger charge is 2.18. The number of ether oxygens (including phenoxy) is 1. The highest BCUT2D eigenvalue weighted by molar-refractivity contribution is 6.37. The number of nitrogens with zero attached hydrogens (tertiary/aromatic N) is 2. The number of hydrogen-bond acceptors (Lipinski definition) is 6. The van der Waals surface area contributed by atoms with Gasteiger partial charge in [-0.15, -0.1) is 0 Å². The Morgan fingerprint density at radius 1 is 1.31 bits per heavy atom. The molecule has 0 spiro atoms. The van der Waals surface area contributed by atoms with Crippen molar-refractivity contribution in [1.29, 1.82) is 0 Å². The molecule has 2 aromatic rings. The number of benzene rings is 1. The number of aromatic nitrogens is 2. The maximum atomic E-state index is 14.4. The number of aliphatic carboxylic acids is 1. The number of halogens is 3. The van der Waals surface area contributed by atoms with Gasteiger partial charge in [-0.2, -0.15) is 9.37 Å². The molecule has 140 valence electrons. The fourth-order valence-electron chi connectivity index (χ4n) is 1.97. The molecule has 0 saturated carbocycles. The van der Waals surface area contributed by atoms with E-state index < -0.39 is 11.8 Å². The lowest BCUT2D eigenvalue weighted by Gasteiger charge is -2.14. The Morgan fingerprint density at radius 3 is 2.54 bits per heavy atom. The molecule has 0 aliphatic rings. The van der Waals surface area contributed by atoms with E-state index in [0.29, 0.717) is 5.69 Å². The van der Waals surface area contributed by atoms with Gasteiger partial charge in [-0.3, -0.25) is 4.79 Å². The monoisotopic (exact) mass is 402 g/mol. The lowest BCUT2D eigenvalue weighted by Crippen LogP contribution is -2.13. The molecule has 1 heterocycles. The van der Waals surface area contributed by atoms with Crippen molar-refractivity contribution in [2.75, 3.05) is 17.2 Å². The molecule has 0 bridgehead atoms. The Labute approximate surface area is 159 Å². The van der Waals surface area contributed by atoms with Crippen LogP contribution in [0.4, 0.5) is 15.9 Å². The molecule has 26 heavy (non-hydrogen) atoms. The van der Waals surface area contributed by atoms with Crippen molar-refractivity contribution < 1.29 is 19.0 Å². The number of anilines is 2. The molecule has 0 radical (unpaired) electrons. The summed E-state index contributed by atoms with van der Waals surface area (Å²) in [5, 5.41) is 14.6. The van der Waals surface area contributed by atoms with E-state index in [9.17, 15) is 9.18 Å². The minimum Gasteiger partial charge on any atom is -0.481 e. The molecular formula is C16H17Cl2FN4O3. The Balaban J connectivity index is 2.21. The average Bonchev–Trinajstić information content (AvgIpc) is 2.53. The summed E-state index contributed by atoms with van der Waals surface area (Å²) in [5.41, 5.74) is 0.513. The number of nitrogens with one attached hydrogen (secondary N) is 2. The second-order valence-electron chi connectivity index (χ2n) is 5.58. The number of carboxylic acids is 1. The van der Waals surface area contributed by atoms with Crippen LogP contribution in [-0.4, -0.2) is 33.6 Å². The zero-order valence-electron chi connectivity index (χ0n) is 14.0. The molecule has 2 rings (SSSR count). The van der Waals surface area contributed by atoms with Crippen LogP contribution in [-0.2, 0) is 4.79 Å². The van der Waals surface area contributed by atoms with Gasteiger partial charge in [0.15, 0.2) is 11.6 Å². The van der Waals surface area contributed by atoms with Gasteiger partial charge in [-0.25, -0.2) is 4.98 Å². The van der Waals surface area contributed by atoms with Gasteiger partial charge in [-0.1, -0.05) is 23.2 Å². The minimum absolute atomic E-state index is 0.00389. The van der Waals surface area contributed by atoms with E-state index in [1.807, 2.05) is 13.8 Å². The van der Waals surface area contributed by atoms with Crippen molar-refractivity contribution >= 4 is 40.7 Å². The van der Waals surface area contributed by atoms with Crippen LogP contribution in [0.25, 0.3) is 0 Å². The van der Waals surface area contributed by atoms with Gasteiger partial charge < -0.3 is 20.5 Å². The summed E-state index contributed by atoms with van der Waals surface area (Å²) < 4.78 is 19.9. The third-order valence-corrected chi connectivity index (χ3v) is 3.61. The summed E-state index contributed by atoms with van der Waals surface area (Å²) in [6.07, 6.45) is 1.10. The van der Waals surface area contributed by atoms with Crippen LogP contribution in [0.2, 0.25) is 10.0 Å². The Bertz CT molecular complexity index is 782. The summed E-state index contributed by atoms with van der Waals surface area (Å²) in [5.74, 6) is -1.98. The average molecular weight is 403 g/mol. The minimum atomic E-state index is -0.931. The Morgan fingerprint density at radius 2 is 1.96 bits per heavy atom. The van der Waals surface area contributed by atoms with E-state index in [1.165, 1.54) is 12.1 Å². The quantitative estimate of drug-likeness (QED) is 0.600. The predicted octanol–water partition coefficient (Wildman–Crippen LogP) is 4.42.